The van der Waals surface area contributed by atoms with Crippen LogP contribution < -0.4 is 0 Å². The molecule has 0 radical (unpaired) electrons. The van der Waals surface area contributed by atoms with Gasteiger partial charge in [0.1, 0.15) is 6.29 Å². The maximum absolute atomic E-state index is 10.3. The summed E-state index contributed by atoms with van der Waals surface area (Å²) in [7, 11) is 0. The second-order valence-electron chi connectivity index (χ2n) is 3.17. The van der Waals surface area contributed by atoms with E-state index in [4.69, 9.17) is 0 Å². The van der Waals surface area contributed by atoms with Gasteiger partial charge in [0.15, 0.2) is 0 Å². The Kier molecular flexibility index (Phi) is 2.88. The predicted octanol–water partition coefficient (Wildman–Crippen LogP) is 1.53. The summed E-state index contributed by atoms with van der Waals surface area (Å²) >= 11 is 0. The first-order valence-electron chi connectivity index (χ1n) is 4.76. The highest BCUT2D eigenvalue weighted by atomic mass is 16.1. The smallest absolute Gasteiger partial charge is 0.121 e. The molecule has 0 aliphatic heterocycles. The number of aromatic nitrogens is 3. The van der Waals surface area contributed by atoms with Gasteiger partial charge in [0, 0.05) is 30.9 Å². The van der Waals surface area contributed by atoms with Crippen LogP contribution in [0.25, 0.3) is 11.3 Å². The van der Waals surface area contributed by atoms with Crippen molar-refractivity contribution >= 4 is 6.29 Å². The molecule has 4 nitrogen and oxygen atoms in total. The van der Waals surface area contributed by atoms with Gasteiger partial charge in [-0.3, -0.25) is 4.98 Å². The number of hydrogen-bond acceptors (Lipinski definition) is 3. The van der Waals surface area contributed by atoms with E-state index >= 15 is 0 Å². The zero-order chi connectivity index (χ0) is 10.5. The second-order valence-corrected chi connectivity index (χ2v) is 3.17. The van der Waals surface area contributed by atoms with E-state index in [1.54, 1.807) is 24.9 Å². The fraction of sp³-hybridized carbons (Fsp3) is 0.182. The Morgan fingerprint density at radius 3 is 3.00 bits per heavy atom. The molecule has 0 aromatic carbocycles. The largest absolute Gasteiger partial charge is 0.330 e. The minimum atomic E-state index is 0.504. The van der Waals surface area contributed by atoms with Crippen LogP contribution in [0.2, 0.25) is 0 Å². The van der Waals surface area contributed by atoms with Gasteiger partial charge in [0.2, 0.25) is 0 Å². The zero-order valence-electron chi connectivity index (χ0n) is 8.21. The molecule has 2 aromatic heterocycles. The van der Waals surface area contributed by atoms with Crippen LogP contribution in [0.5, 0.6) is 0 Å². The minimum absolute atomic E-state index is 0.504. The Bertz CT molecular complexity index is 436. The van der Waals surface area contributed by atoms with E-state index in [1.165, 1.54) is 0 Å². The molecular formula is C11H11N3O. The quantitative estimate of drug-likeness (QED) is 0.705. The molecule has 2 rings (SSSR count). The number of carbonyl (C=O) groups excluding carboxylic acids is 1. The Hall–Kier alpha value is -1.97. The molecule has 0 spiro atoms. The Labute approximate surface area is 87.6 Å². The van der Waals surface area contributed by atoms with Gasteiger partial charge in [-0.15, -0.1) is 0 Å². The van der Waals surface area contributed by atoms with E-state index in [1.807, 2.05) is 16.7 Å². The molecule has 15 heavy (non-hydrogen) atoms. The fourth-order valence-corrected chi connectivity index (χ4v) is 1.45. The third-order valence-corrected chi connectivity index (χ3v) is 2.16. The Morgan fingerprint density at radius 1 is 1.33 bits per heavy atom. The third-order valence-electron chi connectivity index (χ3n) is 2.16. The molecule has 0 aliphatic rings. The third kappa shape index (κ3) is 2.10. The first-order valence-corrected chi connectivity index (χ1v) is 4.76. The van der Waals surface area contributed by atoms with Gasteiger partial charge in [-0.1, -0.05) is 0 Å². The van der Waals surface area contributed by atoms with E-state index in [2.05, 4.69) is 9.97 Å². The van der Waals surface area contributed by atoms with Gasteiger partial charge in [0.25, 0.3) is 0 Å². The molecule has 0 unspecified atom stereocenters. The average molecular weight is 201 g/mol. The van der Waals surface area contributed by atoms with Crippen molar-refractivity contribution in [2.75, 3.05) is 0 Å². The summed E-state index contributed by atoms with van der Waals surface area (Å²) < 4.78 is 1.95. The SMILES string of the molecule is O=CCCn1cncc1-c1cccnc1. The molecule has 0 aliphatic carbocycles. The molecule has 0 fully saturated rings. The van der Waals surface area contributed by atoms with Gasteiger partial charge in [0.05, 0.1) is 18.2 Å². The van der Waals surface area contributed by atoms with Crippen LogP contribution in [0, 0.1) is 0 Å². The van der Waals surface area contributed by atoms with Crippen LogP contribution in [0.4, 0.5) is 0 Å². The van der Waals surface area contributed by atoms with Crippen molar-refractivity contribution in [3.63, 3.8) is 0 Å². The Morgan fingerprint density at radius 2 is 2.27 bits per heavy atom. The molecule has 4 heteroatoms. The summed E-state index contributed by atoms with van der Waals surface area (Å²) in [4.78, 5) is 18.4. The van der Waals surface area contributed by atoms with Crippen molar-refractivity contribution in [3.05, 3.63) is 37.1 Å². The highest BCUT2D eigenvalue weighted by Crippen LogP contribution is 2.17. The second kappa shape index (κ2) is 4.50. The number of pyridine rings is 1. The van der Waals surface area contributed by atoms with E-state index < -0.39 is 0 Å². The highest BCUT2D eigenvalue weighted by Gasteiger charge is 2.03. The van der Waals surface area contributed by atoms with Crippen molar-refractivity contribution in [2.24, 2.45) is 0 Å². The number of hydrogen-bond donors (Lipinski definition) is 0. The monoisotopic (exact) mass is 201 g/mol. The summed E-state index contributed by atoms with van der Waals surface area (Å²) in [5.41, 5.74) is 2.01. The zero-order valence-corrected chi connectivity index (χ0v) is 8.21. The molecule has 0 amide bonds. The van der Waals surface area contributed by atoms with E-state index in [0.717, 1.165) is 17.5 Å². The first kappa shape index (κ1) is 9.58. The standard InChI is InChI=1S/C11H11N3O/c15-6-2-5-14-9-13-8-11(14)10-3-1-4-12-7-10/h1,3-4,6-9H,2,5H2. The number of imidazole rings is 1. The Balaban J connectivity index is 2.29. The molecule has 0 atom stereocenters. The van der Waals surface area contributed by atoms with Gasteiger partial charge in [-0.2, -0.15) is 0 Å². The molecule has 76 valence electrons. The summed E-state index contributed by atoms with van der Waals surface area (Å²) in [6, 6.07) is 3.85. The molecule has 0 bridgehead atoms. The van der Waals surface area contributed by atoms with Crippen molar-refractivity contribution in [1.29, 1.82) is 0 Å². The van der Waals surface area contributed by atoms with E-state index in [0.29, 0.717) is 13.0 Å². The first-order chi connectivity index (χ1) is 7.42. The summed E-state index contributed by atoms with van der Waals surface area (Å²) in [6.07, 6.45) is 8.44. The topological polar surface area (TPSA) is 47.8 Å². The highest BCUT2D eigenvalue weighted by molar-refractivity contribution is 5.57. The maximum atomic E-state index is 10.3. The number of rotatable bonds is 4. The van der Waals surface area contributed by atoms with Gasteiger partial charge >= 0.3 is 0 Å². The van der Waals surface area contributed by atoms with Crippen molar-refractivity contribution in [1.82, 2.24) is 14.5 Å². The molecule has 2 aromatic rings. The van der Waals surface area contributed by atoms with Crippen LogP contribution in [-0.4, -0.2) is 20.8 Å². The van der Waals surface area contributed by atoms with Gasteiger partial charge in [-0.25, -0.2) is 4.98 Å². The molecular weight excluding hydrogens is 190 g/mol. The summed E-state index contributed by atoms with van der Waals surface area (Å²) in [6.45, 7) is 0.660. The number of nitrogens with zero attached hydrogens (tertiary/aromatic N) is 3. The predicted molar refractivity (Wildman–Crippen MR) is 56.1 cm³/mol. The molecule has 2 heterocycles. The molecule has 0 saturated heterocycles. The number of aldehydes is 1. The molecule has 0 N–H and O–H groups in total. The van der Waals surface area contributed by atoms with Crippen molar-refractivity contribution < 1.29 is 4.79 Å². The minimum Gasteiger partial charge on any atom is -0.330 e. The van der Waals surface area contributed by atoms with Crippen LogP contribution in [0.15, 0.2) is 37.1 Å². The van der Waals surface area contributed by atoms with Gasteiger partial charge in [-0.05, 0) is 12.1 Å². The lowest BCUT2D eigenvalue weighted by Gasteiger charge is -2.05. The lowest BCUT2D eigenvalue weighted by molar-refractivity contribution is -0.108. The van der Waals surface area contributed by atoms with Crippen LogP contribution >= 0.6 is 0 Å². The summed E-state index contributed by atoms with van der Waals surface area (Å²) in [5, 5.41) is 0. The lowest BCUT2D eigenvalue weighted by Crippen LogP contribution is -1.99. The average Bonchev–Trinajstić information content (AvgIpc) is 2.75. The number of aryl methyl sites for hydroxylation is 1. The number of carbonyl (C=O) groups is 1. The summed E-state index contributed by atoms with van der Waals surface area (Å²) in [5.74, 6) is 0. The van der Waals surface area contributed by atoms with Crippen molar-refractivity contribution in [3.8, 4) is 11.3 Å². The van der Waals surface area contributed by atoms with E-state index in [-0.39, 0.29) is 0 Å². The van der Waals surface area contributed by atoms with Gasteiger partial charge < -0.3 is 9.36 Å². The van der Waals surface area contributed by atoms with Crippen LogP contribution in [-0.2, 0) is 11.3 Å². The normalized spacial score (nSPS) is 10.1. The van der Waals surface area contributed by atoms with Crippen molar-refractivity contribution in [2.45, 2.75) is 13.0 Å². The molecule has 0 saturated carbocycles. The lowest BCUT2D eigenvalue weighted by atomic mass is 10.2. The van der Waals surface area contributed by atoms with Crippen LogP contribution in [0.1, 0.15) is 6.42 Å². The van der Waals surface area contributed by atoms with Crippen LogP contribution in [0.3, 0.4) is 0 Å². The van der Waals surface area contributed by atoms with E-state index in [9.17, 15) is 4.79 Å². The fourth-order valence-electron chi connectivity index (χ4n) is 1.45. The maximum Gasteiger partial charge on any atom is 0.121 e.